The van der Waals surface area contributed by atoms with Crippen molar-refractivity contribution in [2.45, 2.75) is 6.92 Å². The normalized spacial score (nSPS) is 11.8. The molecule has 0 aliphatic heterocycles. The number of rotatable bonds is 2. The summed E-state index contributed by atoms with van der Waals surface area (Å²) < 4.78 is 13.1. The molecule has 1 aromatic carbocycles. The summed E-state index contributed by atoms with van der Waals surface area (Å²) in [6.45, 7) is 1.93. The molecule has 0 heterocycles. The van der Waals surface area contributed by atoms with Crippen molar-refractivity contribution in [3.05, 3.63) is 40.2 Å². The summed E-state index contributed by atoms with van der Waals surface area (Å²) in [5.41, 5.74) is 1.59. The van der Waals surface area contributed by atoms with Crippen molar-refractivity contribution in [1.29, 1.82) is 0 Å². The maximum absolute atomic E-state index is 13.1. The van der Waals surface area contributed by atoms with Gasteiger partial charge in [-0.3, -0.25) is 0 Å². The van der Waals surface area contributed by atoms with Crippen molar-refractivity contribution in [3.63, 3.8) is 0 Å². The molecule has 0 saturated heterocycles. The molecule has 0 radical (unpaired) electrons. The van der Waals surface area contributed by atoms with Gasteiger partial charge in [-0.2, -0.15) is 0 Å². The van der Waals surface area contributed by atoms with Crippen LogP contribution >= 0.6 is 27.5 Å². The molecular weight excluding hydrogens is 254 g/mol. The van der Waals surface area contributed by atoms with Gasteiger partial charge < -0.3 is 0 Å². The van der Waals surface area contributed by atoms with Crippen LogP contribution in [0.3, 0.4) is 0 Å². The summed E-state index contributed by atoms with van der Waals surface area (Å²) in [5.74, 6) is -0.246. The summed E-state index contributed by atoms with van der Waals surface area (Å²) >= 11 is 9.03. The van der Waals surface area contributed by atoms with E-state index in [1.165, 1.54) is 12.1 Å². The predicted molar refractivity (Wildman–Crippen MR) is 58.9 cm³/mol. The van der Waals surface area contributed by atoms with Crippen LogP contribution in [-0.4, -0.2) is 5.33 Å². The fourth-order valence-corrected chi connectivity index (χ4v) is 1.27. The molecular formula is C10H9BrClF. The smallest absolute Gasteiger partial charge is 0.130 e. The number of halogens is 3. The lowest BCUT2D eigenvalue weighted by Crippen LogP contribution is -1.83. The van der Waals surface area contributed by atoms with Gasteiger partial charge in [0.15, 0.2) is 0 Å². The molecule has 0 aromatic heterocycles. The maximum Gasteiger partial charge on any atom is 0.130 e. The Morgan fingerprint density at radius 2 is 2.31 bits per heavy atom. The first kappa shape index (κ1) is 10.7. The zero-order chi connectivity index (χ0) is 9.84. The average Bonchev–Trinajstić information content (AvgIpc) is 2.11. The third-order valence-electron chi connectivity index (χ3n) is 1.57. The van der Waals surface area contributed by atoms with Gasteiger partial charge in [-0.15, -0.1) is 0 Å². The van der Waals surface area contributed by atoms with Crippen molar-refractivity contribution < 1.29 is 4.39 Å². The van der Waals surface area contributed by atoms with Crippen LogP contribution in [0.25, 0.3) is 6.08 Å². The van der Waals surface area contributed by atoms with Gasteiger partial charge in [0, 0.05) is 15.9 Å². The van der Waals surface area contributed by atoms with Gasteiger partial charge in [0.2, 0.25) is 0 Å². The number of hydrogen-bond donors (Lipinski definition) is 0. The highest BCUT2D eigenvalue weighted by atomic mass is 79.9. The fraction of sp³-hybridized carbons (Fsp3) is 0.200. The summed E-state index contributed by atoms with van der Waals surface area (Å²) in [6, 6.07) is 4.52. The Hall–Kier alpha value is -0.340. The largest absolute Gasteiger partial charge is 0.206 e. The van der Waals surface area contributed by atoms with Gasteiger partial charge in [0.25, 0.3) is 0 Å². The monoisotopic (exact) mass is 262 g/mol. The van der Waals surface area contributed by atoms with Crippen LogP contribution in [-0.2, 0) is 0 Å². The van der Waals surface area contributed by atoms with Crippen LogP contribution in [0.2, 0.25) is 5.02 Å². The standard InChI is InChI=1S/C10H9BrClF/c1-7(6-11)4-8-5-9(12)2-3-10(8)13/h2-5H,6H2,1H3/b7-4-. The third kappa shape index (κ3) is 3.12. The molecule has 0 bridgehead atoms. The summed E-state index contributed by atoms with van der Waals surface area (Å²) in [6.07, 6.45) is 1.77. The molecule has 13 heavy (non-hydrogen) atoms. The van der Waals surface area contributed by atoms with Gasteiger partial charge >= 0.3 is 0 Å². The fourth-order valence-electron chi connectivity index (χ4n) is 0.929. The van der Waals surface area contributed by atoms with Gasteiger partial charge in [-0.25, -0.2) is 4.39 Å². The molecule has 0 spiro atoms. The lowest BCUT2D eigenvalue weighted by molar-refractivity contribution is 0.625. The molecule has 0 fully saturated rings. The van der Waals surface area contributed by atoms with E-state index in [0.29, 0.717) is 10.6 Å². The van der Waals surface area contributed by atoms with E-state index < -0.39 is 0 Å². The highest BCUT2D eigenvalue weighted by Gasteiger charge is 1.99. The van der Waals surface area contributed by atoms with Gasteiger partial charge in [-0.05, 0) is 25.1 Å². The van der Waals surface area contributed by atoms with Crippen LogP contribution in [0.15, 0.2) is 23.8 Å². The van der Waals surface area contributed by atoms with Gasteiger partial charge in [0.1, 0.15) is 5.82 Å². The van der Waals surface area contributed by atoms with E-state index in [1.807, 2.05) is 6.92 Å². The Bertz CT molecular complexity index is 334. The summed E-state index contributed by atoms with van der Waals surface area (Å²) in [5, 5.41) is 1.29. The third-order valence-corrected chi connectivity index (χ3v) is 2.69. The van der Waals surface area contributed by atoms with Gasteiger partial charge in [-0.1, -0.05) is 39.2 Å². The van der Waals surface area contributed by atoms with E-state index in [9.17, 15) is 4.39 Å². The SMILES string of the molecule is C/C(=C/c1cc(Cl)ccc1F)CBr. The lowest BCUT2D eigenvalue weighted by Gasteiger charge is -1.99. The maximum atomic E-state index is 13.1. The Labute approximate surface area is 90.5 Å². The van der Waals surface area contributed by atoms with E-state index in [2.05, 4.69) is 15.9 Å². The second-order valence-electron chi connectivity index (χ2n) is 2.79. The topological polar surface area (TPSA) is 0 Å². The number of benzene rings is 1. The molecule has 0 N–H and O–H groups in total. The second kappa shape index (κ2) is 4.77. The minimum atomic E-state index is -0.246. The highest BCUT2D eigenvalue weighted by Crippen LogP contribution is 2.17. The first-order chi connectivity index (χ1) is 6.13. The Kier molecular flexibility index (Phi) is 3.94. The van der Waals surface area contributed by atoms with Crippen LogP contribution in [0, 0.1) is 5.82 Å². The molecule has 1 rings (SSSR count). The molecule has 1 aromatic rings. The van der Waals surface area contributed by atoms with Crippen molar-refractivity contribution in [3.8, 4) is 0 Å². The molecule has 0 unspecified atom stereocenters. The van der Waals surface area contributed by atoms with Crippen molar-refractivity contribution in [2.75, 3.05) is 5.33 Å². The van der Waals surface area contributed by atoms with Crippen LogP contribution in [0.1, 0.15) is 12.5 Å². The lowest BCUT2D eigenvalue weighted by atomic mass is 10.1. The molecule has 0 aliphatic rings. The van der Waals surface area contributed by atoms with Crippen LogP contribution in [0.5, 0.6) is 0 Å². The number of alkyl halides is 1. The first-order valence-corrected chi connectivity index (χ1v) is 5.31. The zero-order valence-corrected chi connectivity index (χ0v) is 9.49. The van der Waals surface area contributed by atoms with E-state index in [4.69, 9.17) is 11.6 Å². The minimum Gasteiger partial charge on any atom is -0.206 e. The summed E-state index contributed by atoms with van der Waals surface area (Å²) in [7, 11) is 0. The number of allylic oxidation sites excluding steroid dienone is 1. The molecule has 3 heteroatoms. The van der Waals surface area contributed by atoms with E-state index in [0.717, 1.165) is 10.9 Å². The van der Waals surface area contributed by atoms with E-state index in [1.54, 1.807) is 12.1 Å². The zero-order valence-electron chi connectivity index (χ0n) is 7.15. The highest BCUT2D eigenvalue weighted by molar-refractivity contribution is 9.09. The Morgan fingerprint density at radius 3 is 2.92 bits per heavy atom. The Morgan fingerprint density at radius 1 is 1.62 bits per heavy atom. The molecule has 0 aliphatic carbocycles. The van der Waals surface area contributed by atoms with Crippen LogP contribution in [0.4, 0.5) is 4.39 Å². The van der Waals surface area contributed by atoms with Crippen molar-refractivity contribution in [1.82, 2.24) is 0 Å². The Balaban J connectivity index is 3.07. The molecule has 0 nitrogen and oxygen atoms in total. The predicted octanol–water partition coefficient (Wildman–Crippen LogP) is 4.28. The van der Waals surface area contributed by atoms with E-state index >= 15 is 0 Å². The van der Waals surface area contributed by atoms with Crippen molar-refractivity contribution >= 4 is 33.6 Å². The quantitative estimate of drug-likeness (QED) is 0.699. The van der Waals surface area contributed by atoms with E-state index in [-0.39, 0.29) is 5.82 Å². The molecule has 0 amide bonds. The van der Waals surface area contributed by atoms with Crippen LogP contribution < -0.4 is 0 Å². The summed E-state index contributed by atoms with van der Waals surface area (Å²) in [4.78, 5) is 0. The average molecular weight is 264 g/mol. The molecule has 0 atom stereocenters. The molecule has 70 valence electrons. The van der Waals surface area contributed by atoms with Gasteiger partial charge in [0.05, 0.1) is 0 Å². The molecule has 0 saturated carbocycles. The van der Waals surface area contributed by atoms with Crippen molar-refractivity contribution in [2.24, 2.45) is 0 Å². The first-order valence-electron chi connectivity index (χ1n) is 3.81. The number of hydrogen-bond acceptors (Lipinski definition) is 0. The second-order valence-corrected chi connectivity index (χ2v) is 3.79. The minimum absolute atomic E-state index is 0.246.